The standard InChI is InChI=1S/C13H12N4S/c1-2-5-12(17-8-3-6-16-17)11(4-1)10-15-13-14-7-9-18-13/h1-9H,10H2,(H,14,15). The van der Waals surface area contributed by atoms with Gasteiger partial charge in [-0.25, -0.2) is 9.67 Å². The Morgan fingerprint density at radius 3 is 2.89 bits per heavy atom. The van der Waals surface area contributed by atoms with Crippen molar-refractivity contribution in [2.75, 3.05) is 5.32 Å². The van der Waals surface area contributed by atoms with E-state index in [0.29, 0.717) is 0 Å². The third-order valence-electron chi connectivity index (χ3n) is 2.61. The average Bonchev–Trinajstić information content (AvgIpc) is 3.10. The van der Waals surface area contributed by atoms with Gasteiger partial charge >= 0.3 is 0 Å². The van der Waals surface area contributed by atoms with Crippen LogP contribution in [-0.4, -0.2) is 14.8 Å². The summed E-state index contributed by atoms with van der Waals surface area (Å²) in [6.07, 6.45) is 5.53. The fourth-order valence-electron chi connectivity index (χ4n) is 1.78. The van der Waals surface area contributed by atoms with Gasteiger partial charge in [-0.05, 0) is 17.7 Å². The van der Waals surface area contributed by atoms with Crippen LogP contribution in [0.4, 0.5) is 5.13 Å². The van der Waals surface area contributed by atoms with Gasteiger partial charge in [0.2, 0.25) is 0 Å². The lowest BCUT2D eigenvalue weighted by atomic mass is 10.2. The van der Waals surface area contributed by atoms with Crippen LogP contribution in [0.15, 0.2) is 54.3 Å². The van der Waals surface area contributed by atoms with Crippen LogP contribution >= 0.6 is 11.3 Å². The number of hydrogen-bond acceptors (Lipinski definition) is 4. The monoisotopic (exact) mass is 256 g/mol. The van der Waals surface area contributed by atoms with Gasteiger partial charge in [-0.2, -0.15) is 5.10 Å². The molecule has 3 rings (SSSR count). The molecule has 0 amide bonds. The smallest absolute Gasteiger partial charge is 0.182 e. The molecule has 4 nitrogen and oxygen atoms in total. The number of para-hydroxylation sites is 1. The van der Waals surface area contributed by atoms with Gasteiger partial charge in [-0.3, -0.25) is 0 Å². The summed E-state index contributed by atoms with van der Waals surface area (Å²) in [5, 5.41) is 10.5. The van der Waals surface area contributed by atoms with E-state index in [0.717, 1.165) is 17.4 Å². The molecule has 0 fully saturated rings. The molecular formula is C13H12N4S. The van der Waals surface area contributed by atoms with Crippen molar-refractivity contribution < 1.29 is 0 Å². The van der Waals surface area contributed by atoms with Gasteiger partial charge in [-0.1, -0.05) is 18.2 Å². The maximum Gasteiger partial charge on any atom is 0.182 e. The third-order valence-corrected chi connectivity index (χ3v) is 3.34. The molecule has 0 atom stereocenters. The maximum absolute atomic E-state index is 4.27. The fourth-order valence-corrected chi connectivity index (χ4v) is 2.30. The second-order valence-electron chi connectivity index (χ2n) is 3.77. The van der Waals surface area contributed by atoms with E-state index in [1.54, 1.807) is 23.7 Å². The Morgan fingerprint density at radius 1 is 1.17 bits per heavy atom. The number of benzene rings is 1. The van der Waals surface area contributed by atoms with E-state index in [1.807, 2.05) is 34.5 Å². The minimum absolute atomic E-state index is 0.740. The molecule has 0 spiro atoms. The number of aromatic nitrogens is 3. The number of anilines is 1. The van der Waals surface area contributed by atoms with E-state index in [2.05, 4.69) is 27.5 Å². The molecule has 3 aromatic rings. The fraction of sp³-hybridized carbons (Fsp3) is 0.0769. The predicted octanol–water partition coefficient (Wildman–Crippen LogP) is 2.94. The van der Waals surface area contributed by atoms with Crippen LogP contribution in [0, 0.1) is 0 Å². The molecule has 1 N–H and O–H groups in total. The summed E-state index contributed by atoms with van der Waals surface area (Å²) in [5.41, 5.74) is 2.28. The maximum atomic E-state index is 4.27. The number of nitrogens with one attached hydrogen (secondary N) is 1. The van der Waals surface area contributed by atoms with Crippen molar-refractivity contribution in [1.82, 2.24) is 14.8 Å². The predicted molar refractivity (Wildman–Crippen MR) is 73.0 cm³/mol. The molecule has 0 radical (unpaired) electrons. The molecular weight excluding hydrogens is 244 g/mol. The van der Waals surface area contributed by atoms with Gasteiger partial charge < -0.3 is 5.32 Å². The largest absolute Gasteiger partial charge is 0.357 e. The van der Waals surface area contributed by atoms with Crippen LogP contribution < -0.4 is 5.32 Å². The molecule has 0 aliphatic heterocycles. The topological polar surface area (TPSA) is 42.7 Å². The SMILES string of the molecule is c1ccc(-n2cccn2)c(CNc2nccs2)c1. The summed E-state index contributed by atoms with van der Waals surface area (Å²) in [6.45, 7) is 0.740. The highest BCUT2D eigenvalue weighted by Crippen LogP contribution is 2.17. The van der Waals surface area contributed by atoms with E-state index in [4.69, 9.17) is 0 Å². The van der Waals surface area contributed by atoms with E-state index in [-0.39, 0.29) is 0 Å². The summed E-state index contributed by atoms with van der Waals surface area (Å²) in [6, 6.07) is 10.1. The van der Waals surface area contributed by atoms with Crippen molar-refractivity contribution in [1.29, 1.82) is 0 Å². The summed E-state index contributed by atoms with van der Waals surface area (Å²) in [7, 11) is 0. The molecule has 2 aromatic heterocycles. The van der Waals surface area contributed by atoms with Crippen LogP contribution in [0.25, 0.3) is 5.69 Å². The van der Waals surface area contributed by atoms with Gasteiger partial charge in [0.15, 0.2) is 5.13 Å². The molecule has 90 valence electrons. The van der Waals surface area contributed by atoms with E-state index in [1.165, 1.54) is 5.56 Å². The summed E-state index contributed by atoms with van der Waals surface area (Å²) < 4.78 is 1.87. The average molecular weight is 256 g/mol. The Morgan fingerprint density at radius 2 is 2.11 bits per heavy atom. The van der Waals surface area contributed by atoms with Crippen molar-refractivity contribution in [3.63, 3.8) is 0 Å². The Balaban J connectivity index is 1.84. The second kappa shape index (κ2) is 5.01. The van der Waals surface area contributed by atoms with Gasteiger partial charge in [0.05, 0.1) is 5.69 Å². The van der Waals surface area contributed by atoms with E-state index >= 15 is 0 Å². The normalized spacial score (nSPS) is 10.4. The van der Waals surface area contributed by atoms with Crippen molar-refractivity contribution in [2.24, 2.45) is 0 Å². The van der Waals surface area contributed by atoms with Gasteiger partial charge in [0, 0.05) is 30.5 Å². The third kappa shape index (κ3) is 2.26. The highest BCUT2D eigenvalue weighted by molar-refractivity contribution is 7.13. The van der Waals surface area contributed by atoms with Crippen LogP contribution in [0.1, 0.15) is 5.56 Å². The van der Waals surface area contributed by atoms with Crippen molar-refractivity contribution in [3.8, 4) is 5.69 Å². The lowest BCUT2D eigenvalue weighted by molar-refractivity contribution is 0.864. The van der Waals surface area contributed by atoms with Crippen LogP contribution in [0.5, 0.6) is 0 Å². The zero-order valence-electron chi connectivity index (χ0n) is 9.65. The first-order valence-electron chi connectivity index (χ1n) is 5.65. The van der Waals surface area contributed by atoms with Crippen molar-refractivity contribution >= 4 is 16.5 Å². The van der Waals surface area contributed by atoms with Crippen LogP contribution in [-0.2, 0) is 6.54 Å². The number of nitrogens with zero attached hydrogens (tertiary/aromatic N) is 3. The minimum Gasteiger partial charge on any atom is -0.357 e. The lowest BCUT2D eigenvalue weighted by Gasteiger charge is -2.09. The Bertz CT molecular complexity index is 602. The number of thiazole rings is 1. The molecule has 0 saturated carbocycles. The quantitative estimate of drug-likeness (QED) is 0.780. The summed E-state index contributed by atoms with van der Waals surface area (Å²) >= 11 is 1.60. The minimum atomic E-state index is 0.740. The Hall–Kier alpha value is -2.14. The van der Waals surface area contributed by atoms with Crippen LogP contribution in [0.2, 0.25) is 0 Å². The molecule has 2 heterocycles. The first kappa shape index (κ1) is 11.0. The van der Waals surface area contributed by atoms with Crippen LogP contribution in [0.3, 0.4) is 0 Å². The molecule has 0 aliphatic rings. The molecule has 0 unspecified atom stereocenters. The second-order valence-corrected chi connectivity index (χ2v) is 4.66. The summed E-state index contributed by atoms with van der Waals surface area (Å²) in [4.78, 5) is 4.21. The zero-order valence-corrected chi connectivity index (χ0v) is 10.5. The van der Waals surface area contributed by atoms with Crippen molar-refractivity contribution in [2.45, 2.75) is 6.54 Å². The molecule has 0 saturated heterocycles. The molecule has 1 aromatic carbocycles. The first-order chi connectivity index (χ1) is 8.93. The zero-order chi connectivity index (χ0) is 12.2. The molecule has 5 heteroatoms. The summed E-state index contributed by atoms with van der Waals surface area (Å²) in [5.74, 6) is 0. The molecule has 0 aliphatic carbocycles. The Labute approximate surface area is 109 Å². The number of hydrogen-bond donors (Lipinski definition) is 1. The molecule has 18 heavy (non-hydrogen) atoms. The van der Waals surface area contributed by atoms with Gasteiger partial charge in [0.1, 0.15) is 0 Å². The highest BCUT2D eigenvalue weighted by Gasteiger charge is 2.04. The van der Waals surface area contributed by atoms with Gasteiger partial charge in [0.25, 0.3) is 0 Å². The highest BCUT2D eigenvalue weighted by atomic mass is 32.1. The van der Waals surface area contributed by atoms with Gasteiger partial charge in [-0.15, -0.1) is 11.3 Å². The first-order valence-corrected chi connectivity index (χ1v) is 6.53. The van der Waals surface area contributed by atoms with E-state index in [9.17, 15) is 0 Å². The lowest BCUT2D eigenvalue weighted by Crippen LogP contribution is -2.05. The van der Waals surface area contributed by atoms with Crippen molar-refractivity contribution in [3.05, 3.63) is 59.9 Å². The molecule has 0 bridgehead atoms. The van der Waals surface area contributed by atoms with E-state index < -0.39 is 0 Å². The Kier molecular flexibility index (Phi) is 3.06. The number of rotatable bonds is 4.